The third-order valence-electron chi connectivity index (χ3n) is 2.94. The summed E-state index contributed by atoms with van der Waals surface area (Å²) in [5.41, 5.74) is 1.64. The Balaban J connectivity index is 1.67. The molecule has 2 aliphatic carbocycles. The fraction of sp³-hybridized carbons (Fsp3) is 0.636. The molecule has 1 N–H and O–H groups in total. The number of fused-ring (bicyclic) bond motifs is 1. The molecule has 0 aromatic carbocycles. The summed E-state index contributed by atoms with van der Waals surface area (Å²) in [7, 11) is 0. The number of thiophene rings is 1. The minimum atomic E-state index is 0.844. The first kappa shape index (κ1) is 8.01. The lowest BCUT2D eigenvalue weighted by molar-refractivity contribution is 0.694. The Morgan fingerprint density at radius 2 is 2.31 bits per heavy atom. The molecule has 1 nitrogen and oxygen atoms in total. The summed E-state index contributed by atoms with van der Waals surface area (Å²) in [5, 5.41) is 3.57. The Morgan fingerprint density at radius 3 is 3.08 bits per heavy atom. The molecule has 2 heteroatoms. The lowest BCUT2D eigenvalue weighted by Gasteiger charge is -1.98. The molecule has 0 spiro atoms. The van der Waals surface area contributed by atoms with E-state index in [2.05, 4.69) is 11.4 Å². The van der Waals surface area contributed by atoms with Crippen molar-refractivity contribution in [3.8, 4) is 0 Å². The maximum Gasteiger partial charge on any atom is 0.0302 e. The molecule has 0 saturated heterocycles. The van der Waals surface area contributed by atoms with E-state index in [9.17, 15) is 0 Å². The molecular weight excluding hydrogens is 178 g/mol. The van der Waals surface area contributed by atoms with E-state index < -0.39 is 0 Å². The molecule has 1 saturated carbocycles. The van der Waals surface area contributed by atoms with Gasteiger partial charge in [-0.15, -0.1) is 11.3 Å². The average molecular weight is 193 g/mol. The van der Waals surface area contributed by atoms with E-state index >= 15 is 0 Å². The molecule has 0 bridgehead atoms. The highest BCUT2D eigenvalue weighted by atomic mass is 32.1. The van der Waals surface area contributed by atoms with Gasteiger partial charge in [0, 0.05) is 22.3 Å². The number of nitrogens with one attached hydrogen (secondary N) is 1. The molecule has 0 unspecified atom stereocenters. The Hall–Kier alpha value is -0.340. The van der Waals surface area contributed by atoms with Crippen LogP contribution in [-0.2, 0) is 19.4 Å². The second-order valence-electron chi connectivity index (χ2n) is 4.17. The molecule has 0 radical (unpaired) electrons. The molecule has 2 aliphatic rings. The van der Waals surface area contributed by atoms with Gasteiger partial charge >= 0.3 is 0 Å². The smallest absolute Gasteiger partial charge is 0.0302 e. The highest BCUT2D eigenvalue weighted by Crippen LogP contribution is 2.31. The SMILES string of the molecule is c1c(CNC2CC2)sc2c1CCC2. The van der Waals surface area contributed by atoms with Crippen molar-refractivity contribution < 1.29 is 0 Å². The highest BCUT2D eigenvalue weighted by Gasteiger charge is 2.21. The molecule has 3 rings (SSSR count). The summed E-state index contributed by atoms with van der Waals surface area (Å²) in [6.45, 7) is 1.11. The summed E-state index contributed by atoms with van der Waals surface area (Å²) in [6, 6.07) is 3.26. The normalized spacial score (nSPS) is 20.6. The van der Waals surface area contributed by atoms with E-state index in [1.807, 2.05) is 11.3 Å². The largest absolute Gasteiger partial charge is 0.309 e. The zero-order valence-electron chi connectivity index (χ0n) is 7.81. The van der Waals surface area contributed by atoms with Gasteiger partial charge in [0.1, 0.15) is 0 Å². The summed E-state index contributed by atoms with van der Waals surface area (Å²) >= 11 is 2.03. The van der Waals surface area contributed by atoms with Crippen molar-refractivity contribution >= 4 is 11.3 Å². The van der Waals surface area contributed by atoms with Crippen LogP contribution in [0.25, 0.3) is 0 Å². The second-order valence-corrected chi connectivity index (χ2v) is 5.39. The molecule has 1 aromatic heterocycles. The van der Waals surface area contributed by atoms with Crippen LogP contribution >= 0.6 is 11.3 Å². The van der Waals surface area contributed by atoms with Gasteiger partial charge < -0.3 is 5.32 Å². The van der Waals surface area contributed by atoms with Crippen LogP contribution in [0.3, 0.4) is 0 Å². The van der Waals surface area contributed by atoms with E-state index in [-0.39, 0.29) is 0 Å². The van der Waals surface area contributed by atoms with Crippen molar-refractivity contribution in [2.45, 2.75) is 44.7 Å². The molecule has 1 aromatic rings. The zero-order valence-corrected chi connectivity index (χ0v) is 8.62. The van der Waals surface area contributed by atoms with E-state index in [4.69, 9.17) is 0 Å². The number of hydrogen-bond acceptors (Lipinski definition) is 2. The predicted molar refractivity (Wildman–Crippen MR) is 56.2 cm³/mol. The van der Waals surface area contributed by atoms with Crippen LogP contribution in [0.5, 0.6) is 0 Å². The van der Waals surface area contributed by atoms with E-state index in [0.717, 1.165) is 12.6 Å². The van der Waals surface area contributed by atoms with Crippen LogP contribution in [0, 0.1) is 0 Å². The van der Waals surface area contributed by atoms with Crippen molar-refractivity contribution in [3.05, 3.63) is 21.4 Å². The highest BCUT2D eigenvalue weighted by molar-refractivity contribution is 7.12. The second kappa shape index (κ2) is 3.10. The van der Waals surface area contributed by atoms with Crippen molar-refractivity contribution in [1.82, 2.24) is 5.32 Å². The van der Waals surface area contributed by atoms with Crippen molar-refractivity contribution in [3.63, 3.8) is 0 Å². The predicted octanol–water partition coefficient (Wildman–Crippen LogP) is 2.49. The first-order chi connectivity index (χ1) is 6.42. The minimum absolute atomic E-state index is 0.844. The number of rotatable bonds is 3. The van der Waals surface area contributed by atoms with Crippen LogP contribution in [0.2, 0.25) is 0 Å². The maximum atomic E-state index is 3.57. The Labute approximate surface area is 83.2 Å². The maximum absolute atomic E-state index is 3.57. The Bertz CT molecular complexity index is 290. The average Bonchev–Trinajstić information content (AvgIpc) is 2.71. The van der Waals surface area contributed by atoms with Gasteiger partial charge in [-0.3, -0.25) is 0 Å². The number of hydrogen-bond donors (Lipinski definition) is 1. The molecule has 0 atom stereocenters. The first-order valence-corrected chi connectivity index (χ1v) is 6.07. The van der Waals surface area contributed by atoms with Gasteiger partial charge in [0.15, 0.2) is 0 Å². The third kappa shape index (κ3) is 1.65. The molecule has 1 fully saturated rings. The van der Waals surface area contributed by atoms with Crippen LogP contribution < -0.4 is 5.32 Å². The molecule has 70 valence electrons. The van der Waals surface area contributed by atoms with Crippen molar-refractivity contribution in [2.24, 2.45) is 0 Å². The van der Waals surface area contributed by atoms with Gasteiger partial charge in [-0.05, 0) is 43.7 Å². The van der Waals surface area contributed by atoms with E-state index in [0.29, 0.717) is 0 Å². The summed E-state index contributed by atoms with van der Waals surface area (Å²) in [4.78, 5) is 3.21. The van der Waals surface area contributed by atoms with Gasteiger partial charge in [-0.1, -0.05) is 0 Å². The van der Waals surface area contributed by atoms with Gasteiger partial charge in [0.25, 0.3) is 0 Å². The minimum Gasteiger partial charge on any atom is -0.309 e. The van der Waals surface area contributed by atoms with Crippen molar-refractivity contribution in [1.29, 1.82) is 0 Å². The van der Waals surface area contributed by atoms with Crippen LogP contribution in [0.4, 0.5) is 0 Å². The van der Waals surface area contributed by atoms with Crippen LogP contribution in [0.15, 0.2) is 6.07 Å². The van der Waals surface area contributed by atoms with Crippen molar-refractivity contribution in [2.75, 3.05) is 0 Å². The summed E-state index contributed by atoms with van der Waals surface area (Å²) in [5.74, 6) is 0. The molecule has 0 aliphatic heterocycles. The monoisotopic (exact) mass is 193 g/mol. The standard InChI is InChI=1S/C11H15NS/c1-2-8-6-10(13-11(8)3-1)7-12-9-4-5-9/h6,9,12H,1-5,7H2. The molecule has 1 heterocycles. The lowest BCUT2D eigenvalue weighted by Crippen LogP contribution is -2.14. The molecule has 0 amide bonds. The summed E-state index contributed by atoms with van der Waals surface area (Å²) in [6.07, 6.45) is 6.84. The summed E-state index contributed by atoms with van der Waals surface area (Å²) < 4.78 is 0. The van der Waals surface area contributed by atoms with Gasteiger partial charge in [-0.2, -0.15) is 0 Å². The van der Waals surface area contributed by atoms with E-state index in [1.165, 1.54) is 32.1 Å². The first-order valence-electron chi connectivity index (χ1n) is 5.25. The lowest BCUT2D eigenvalue weighted by atomic mass is 10.2. The van der Waals surface area contributed by atoms with Gasteiger partial charge in [0.05, 0.1) is 0 Å². The fourth-order valence-corrected chi connectivity index (χ4v) is 3.22. The van der Waals surface area contributed by atoms with Crippen LogP contribution in [-0.4, -0.2) is 6.04 Å². The van der Waals surface area contributed by atoms with Crippen LogP contribution in [0.1, 0.15) is 34.6 Å². The topological polar surface area (TPSA) is 12.0 Å². The van der Waals surface area contributed by atoms with Gasteiger partial charge in [0.2, 0.25) is 0 Å². The zero-order chi connectivity index (χ0) is 8.67. The third-order valence-corrected chi connectivity index (χ3v) is 4.18. The quantitative estimate of drug-likeness (QED) is 0.777. The Kier molecular flexibility index (Phi) is 1.91. The van der Waals surface area contributed by atoms with Gasteiger partial charge in [-0.25, -0.2) is 0 Å². The fourth-order valence-electron chi connectivity index (χ4n) is 2.01. The number of aryl methyl sites for hydroxylation is 2. The molecular formula is C11H15NS. The Morgan fingerprint density at radius 1 is 1.38 bits per heavy atom. The van der Waals surface area contributed by atoms with E-state index in [1.54, 1.807) is 15.3 Å². The molecule has 13 heavy (non-hydrogen) atoms.